The van der Waals surface area contributed by atoms with Gasteiger partial charge in [0.25, 0.3) is 5.56 Å². The van der Waals surface area contributed by atoms with E-state index < -0.39 is 49.0 Å². The van der Waals surface area contributed by atoms with Gasteiger partial charge in [-0.05, 0) is 32.3 Å². The zero-order chi connectivity index (χ0) is 27.8. The molecule has 2 aliphatic rings. The monoisotopic (exact) mass is 531 g/mol. The fourth-order valence-electron chi connectivity index (χ4n) is 6.29. The molecule has 2 N–H and O–H groups in total. The lowest BCUT2D eigenvalue weighted by Gasteiger charge is -2.53. The van der Waals surface area contributed by atoms with E-state index in [4.69, 9.17) is 0 Å². The maximum absolute atomic E-state index is 14.4. The van der Waals surface area contributed by atoms with Gasteiger partial charge in [0.1, 0.15) is 37.0 Å². The van der Waals surface area contributed by atoms with Crippen LogP contribution in [0.4, 0.5) is 14.7 Å². The molecule has 2 aromatic rings. The third-order valence-electron chi connectivity index (χ3n) is 7.91. The molecule has 2 unspecified atom stereocenters. The van der Waals surface area contributed by atoms with Gasteiger partial charge in [0, 0.05) is 30.7 Å². The first-order valence-electron chi connectivity index (χ1n) is 12.5. The topological polar surface area (TPSA) is 117 Å². The van der Waals surface area contributed by atoms with Crippen LogP contribution >= 0.6 is 0 Å². The lowest BCUT2D eigenvalue weighted by molar-refractivity contribution is 0.0256. The molecule has 0 spiro atoms. The number of sulfonamides is 1. The Hall–Kier alpha value is -1.86. The molecule has 1 aliphatic carbocycles. The summed E-state index contributed by atoms with van der Waals surface area (Å²) in [5.74, 6) is -3.18. The molecule has 37 heavy (non-hydrogen) atoms. The molecule has 4 rings (SSSR count). The number of hydrogen-bond donors (Lipinski definition) is 2. The van der Waals surface area contributed by atoms with Gasteiger partial charge in [-0.2, -0.15) is 4.98 Å². The van der Waals surface area contributed by atoms with Crippen LogP contribution in [-0.4, -0.2) is 103 Å². The summed E-state index contributed by atoms with van der Waals surface area (Å²) in [4.78, 5) is 22.4. The SMILES string of the molecule is BC(F)(F)c1cc2cnc(NC3C(B)(B)CN(S(C)(=O)=O)CC3(B)B)nc2n(C2CCCC2(C)O)c1=O. The predicted molar refractivity (Wildman–Crippen MR) is 153 cm³/mol. The molecule has 0 radical (unpaired) electrons. The van der Waals surface area contributed by atoms with Crippen molar-refractivity contribution in [1.29, 1.82) is 0 Å². The Kier molecular flexibility index (Phi) is 6.73. The summed E-state index contributed by atoms with van der Waals surface area (Å²) in [6.45, 7) is 2.21. The van der Waals surface area contributed by atoms with Crippen LogP contribution in [0.25, 0.3) is 11.0 Å². The van der Waals surface area contributed by atoms with E-state index in [0.29, 0.717) is 40.2 Å². The number of hydrogen-bond acceptors (Lipinski definition) is 7. The van der Waals surface area contributed by atoms with Crippen molar-refractivity contribution >= 4 is 66.2 Å². The number of piperidine rings is 1. The van der Waals surface area contributed by atoms with Gasteiger partial charge < -0.3 is 10.4 Å². The number of aromatic nitrogens is 3. The molecule has 17 heteroatoms. The molecule has 1 aliphatic heterocycles. The van der Waals surface area contributed by atoms with Gasteiger partial charge in [-0.3, -0.25) is 9.36 Å². The van der Waals surface area contributed by atoms with Crippen LogP contribution in [0.2, 0.25) is 10.4 Å². The largest absolute Gasteiger partial charge is 0.388 e. The fraction of sp³-hybridized carbons (Fsp3) is 0.650. The third kappa shape index (κ3) is 5.23. The first kappa shape index (κ1) is 28.2. The van der Waals surface area contributed by atoms with Crippen molar-refractivity contribution in [2.24, 2.45) is 0 Å². The van der Waals surface area contributed by atoms with Crippen molar-refractivity contribution in [3.63, 3.8) is 0 Å². The van der Waals surface area contributed by atoms with Crippen LogP contribution in [0.1, 0.15) is 37.8 Å². The summed E-state index contributed by atoms with van der Waals surface area (Å²) in [6, 6.07) is 0.169. The van der Waals surface area contributed by atoms with Crippen molar-refractivity contribution < 1.29 is 22.3 Å². The van der Waals surface area contributed by atoms with Gasteiger partial charge in [-0.25, -0.2) is 26.5 Å². The second kappa shape index (κ2) is 8.84. The minimum Gasteiger partial charge on any atom is -0.388 e. The van der Waals surface area contributed by atoms with Gasteiger partial charge >= 0.3 is 0 Å². The zero-order valence-corrected chi connectivity index (χ0v) is 23.3. The highest BCUT2D eigenvalue weighted by Gasteiger charge is 2.49. The highest BCUT2D eigenvalue weighted by molar-refractivity contribution is 7.88. The zero-order valence-electron chi connectivity index (χ0n) is 22.5. The minimum absolute atomic E-state index is 0.173. The lowest BCUT2D eigenvalue weighted by Crippen LogP contribution is -2.60. The summed E-state index contributed by atoms with van der Waals surface area (Å²) in [6.07, 6.45) is 4.15. The number of fused-ring (bicyclic) bond motifs is 1. The molecule has 0 aromatic carbocycles. The quantitative estimate of drug-likeness (QED) is 0.391. The van der Waals surface area contributed by atoms with Crippen molar-refractivity contribution in [2.45, 2.75) is 60.1 Å². The lowest BCUT2D eigenvalue weighted by atomic mass is 9.36. The average molecular weight is 531 g/mol. The number of pyridine rings is 1. The Bertz CT molecular complexity index is 1380. The van der Waals surface area contributed by atoms with Crippen LogP contribution in [0, 0.1) is 0 Å². The van der Waals surface area contributed by atoms with E-state index in [0.717, 1.165) is 6.07 Å². The van der Waals surface area contributed by atoms with Crippen LogP contribution in [0.5, 0.6) is 0 Å². The standard InChI is InChI=1S/C20H32B5F2N5O4S/c1-17(34)5-3-4-12(17)32-13-10(6-11(14(32)33)20(25,26)27)7-28-16(29-13)30-15-18(21,22)8-31(37(2,35)36)9-19(15,23)24/h6-7,12,15,34H,3-5,8-9,21-25H2,1-2H3,(H,28,29,30). The Morgan fingerprint density at radius 2 is 1.81 bits per heavy atom. The van der Waals surface area contributed by atoms with E-state index in [1.54, 1.807) is 6.92 Å². The Morgan fingerprint density at radius 3 is 2.30 bits per heavy atom. The number of nitrogens with one attached hydrogen (secondary N) is 1. The normalized spacial score (nSPS) is 26.9. The first-order valence-corrected chi connectivity index (χ1v) is 14.3. The van der Waals surface area contributed by atoms with Gasteiger partial charge in [-0.15, -0.1) is 0 Å². The van der Waals surface area contributed by atoms with Gasteiger partial charge in [0.05, 0.1) is 23.5 Å². The summed E-state index contributed by atoms with van der Waals surface area (Å²) >= 11 is 0. The minimum atomic E-state index is -3.39. The number of alkyl halides is 2. The first-order chi connectivity index (χ1) is 16.7. The Morgan fingerprint density at radius 1 is 1.22 bits per heavy atom. The van der Waals surface area contributed by atoms with Crippen LogP contribution in [0.3, 0.4) is 0 Å². The molecule has 2 aromatic heterocycles. The molecule has 196 valence electrons. The molecule has 1 saturated heterocycles. The number of aliphatic hydroxyl groups is 1. The van der Waals surface area contributed by atoms with E-state index in [2.05, 4.69) is 15.3 Å². The van der Waals surface area contributed by atoms with Gasteiger partial charge in [0.2, 0.25) is 21.8 Å². The van der Waals surface area contributed by atoms with Crippen LogP contribution in [0.15, 0.2) is 17.1 Å². The van der Waals surface area contributed by atoms with E-state index in [-0.39, 0.29) is 23.0 Å². The fourth-order valence-corrected chi connectivity index (χ4v) is 7.43. The Labute approximate surface area is 220 Å². The second-order valence-corrected chi connectivity index (χ2v) is 14.4. The molecule has 9 nitrogen and oxygen atoms in total. The highest BCUT2D eigenvalue weighted by Crippen LogP contribution is 2.45. The molecule has 1 saturated carbocycles. The van der Waals surface area contributed by atoms with Gasteiger partial charge in [-0.1, -0.05) is 10.4 Å². The molecule has 3 heterocycles. The predicted octanol–water partition coefficient (Wildman–Crippen LogP) is -3.23. The molecule has 2 fully saturated rings. The second-order valence-electron chi connectivity index (χ2n) is 12.4. The summed E-state index contributed by atoms with van der Waals surface area (Å²) in [5.41, 5.74) is -2.62. The van der Waals surface area contributed by atoms with Crippen LogP contribution in [-0.2, 0) is 15.8 Å². The molecular formula is C20H32B5F2N5O4S. The molecule has 0 amide bonds. The van der Waals surface area contributed by atoms with Crippen molar-refractivity contribution in [3.05, 3.63) is 28.2 Å². The van der Waals surface area contributed by atoms with E-state index in [1.807, 2.05) is 31.4 Å². The summed E-state index contributed by atoms with van der Waals surface area (Å²) in [5, 5.41) is 13.6. The summed E-state index contributed by atoms with van der Waals surface area (Å²) < 4.78 is 56.1. The van der Waals surface area contributed by atoms with Crippen molar-refractivity contribution in [1.82, 2.24) is 18.8 Å². The molecular weight excluding hydrogens is 498 g/mol. The number of halogens is 2. The highest BCUT2D eigenvalue weighted by atomic mass is 32.2. The van der Waals surface area contributed by atoms with E-state index >= 15 is 0 Å². The van der Waals surface area contributed by atoms with Gasteiger partial charge in [0.15, 0.2) is 7.85 Å². The third-order valence-corrected chi connectivity index (χ3v) is 9.11. The van der Waals surface area contributed by atoms with E-state index in [9.17, 15) is 27.1 Å². The number of rotatable bonds is 5. The average Bonchev–Trinajstić information content (AvgIpc) is 3.06. The van der Waals surface area contributed by atoms with Crippen LogP contribution < -0.4 is 10.9 Å². The molecule has 0 bridgehead atoms. The van der Waals surface area contributed by atoms with E-state index in [1.165, 1.54) is 21.3 Å². The number of nitrogens with zero attached hydrogens (tertiary/aromatic N) is 4. The summed E-state index contributed by atoms with van der Waals surface area (Å²) in [7, 11) is 5.15. The Balaban J connectivity index is 1.83. The number of anilines is 1. The van der Waals surface area contributed by atoms with Crippen molar-refractivity contribution in [3.8, 4) is 0 Å². The maximum Gasteiger partial charge on any atom is 0.260 e. The maximum atomic E-state index is 14.4. The smallest absolute Gasteiger partial charge is 0.260 e. The molecule has 2 atom stereocenters. The van der Waals surface area contributed by atoms with Crippen molar-refractivity contribution in [2.75, 3.05) is 24.7 Å².